The van der Waals surface area contributed by atoms with Crippen LogP contribution >= 0.6 is 0 Å². The summed E-state index contributed by atoms with van der Waals surface area (Å²) < 4.78 is 37.2. The second kappa shape index (κ2) is 6.39. The molecule has 2 N–H and O–H groups in total. The highest BCUT2D eigenvalue weighted by Crippen LogP contribution is 2.18. The van der Waals surface area contributed by atoms with Crippen LogP contribution in [-0.2, 0) is 11.3 Å². The number of benzene rings is 1. The van der Waals surface area contributed by atoms with E-state index in [-0.39, 0.29) is 19.5 Å². The Kier molecular flexibility index (Phi) is 5.15. The topological polar surface area (TPSA) is 46.3 Å². The van der Waals surface area contributed by atoms with Gasteiger partial charge in [-0.25, -0.2) is 0 Å². The zero-order chi connectivity index (χ0) is 13.6. The van der Waals surface area contributed by atoms with Crippen molar-refractivity contribution < 1.29 is 18.0 Å². The van der Waals surface area contributed by atoms with Gasteiger partial charge >= 0.3 is 6.18 Å². The van der Waals surface area contributed by atoms with E-state index in [1.54, 1.807) is 30.3 Å². The number of carbonyl (C=O) groups is 1. The number of rotatable bonds is 5. The summed E-state index contributed by atoms with van der Waals surface area (Å²) in [7, 11) is 0. The lowest BCUT2D eigenvalue weighted by molar-refractivity contribution is -0.162. The Hall–Kier alpha value is -1.56. The van der Waals surface area contributed by atoms with Crippen LogP contribution in [-0.4, -0.2) is 30.1 Å². The van der Waals surface area contributed by atoms with Crippen LogP contribution < -0.4 is 5.73 Å². The third kappa shape index (κ3) is 5.18. The number of amides is 1. The van der Waals surface area contributed by atoms with Gasteiger partial charge in [0.15, 0.2) is 0 Å². The fourth-order valence-corrected chi connectivity index (χ4v) is 1.53. The molecule has 0 radical (unpaired) electrons. The molecule has 0 saturated heterocycles. The van der Waals surface area contributed by atoms with Crippen LogP contribution in [0.25, 0.3) is 0 Å². The van der Waals surface area contributed by atoms with Crippen molar-refractivity contribution in [2.75, 3.05) is 13.1 Å². The molecule has 6 heteroatoms. The van der Waals surface area contributed by atoms with Crippen LogP contribution in [0.4, 0.5) is 13.2 Å². The first-order valence-electron chi connectivity index (χ1n) is 5.51. The summed E-state index contributed by atoms with van der Waals surface area (Å²) in [6, 6.07) is 8.56. The second-order valence-corrected chi connectivity index (χ2v) is 3.89. The second-order valence-electron chi connectivity index (χ2n) is 3.89. The van der Waals surface area contributed by atoms with Gasteiger partial charge in [-0.3, -0.25) is 4.79 Å². The maximum atomic E-state index is 12.4. The molecule has 0 aliphatic heterocycles. The highest BCUT2D eigenvalue weighted by atomic mass is 19.4. The maximum absolute atomic E-state index is 12.4. The summed E-state index contributed by atoms with van der Waals surface area (Å²) in [6.07, 6.45) is -4.48. The number of nitrogens with two attached hydrogens (primary N) is 1. The van der Waals surface area contributed by atoms with Gasteiger partial charge in [0.05, 0.1) is 0 Å². The van der Waals surface area contributed by atoms with Crippen molar-refractivity contribution in [2.24, 2.45) is 5.73 Å². The molecule has 18 heavy (non-hydrogen) atoms. The van der Waals surface area contributed by atoms with Crippen molar-refractivity contribution >= 4 is 5.91 Å². The van der Waals surface area contributed by atoms with Crippen LogP contribution in [0.5, 0.6) is 0 Å². The zero-order valence-corrected chi connectivity index (χ0v) is 9.78. The largest absolute Gasteiger partial charge is 0.406 e. The summed E-state index contributed by atoms with van der Waals surface area (Å²) in [5, 5.41) is 0. The van der Waals surface area contributed by atoms with Crippen molar-refractivity contribution in [3.05, 3.63) is 35.9 Å². The summed E-state index contributed by atoms with van der Waals surface area (Å²) in [5.41, 5.74) is 5.85. The van der Waals surface area contributed by atoms with E-state index in [1.165, 1.54) is 0 Å². The molecule has 1 amide bonds. The first-order chi connectivity index (χ1) is 8.42. The first-order valence-corrected chi connectivity index (χ1v) is 5.51. The smallest absolute Gasteiger partial charge is 0.330 e. The van der Waals surface area contributed by atoms with E-state index < -0.39 is 18.6 Å². The Morgan fingerprint density at radius 3 is 2.33 bits per heavy atom. The molecule has 0 unspecified atom stereocenters. The molecule has 100 valence electrons. The van der Waals surface area contributed by atoms with Crippen LogP contribution in [0.15, 0.2) is 30.3 Å². The Labute approximate surface area is 103 Å². The van der Waals surface area contributed by atoms with Gasteiger partial charge in [0.25, 0.3) is 0 Å². The lowest BCUT2D eigenvalue weighted by Gasteiger charge is -2.24. The normalized spacial score (nSPS) is 11.3. The van der Waals surface area contributed by atoms with E-state index in [0.29, 0.717) is 5.56 Å². The molecule has 0 heterocycles. The monoisotopic (exact) mass is 260 g/mol. The lowest BCUT2D eigenvalue weighted by atomic mass is 10.2. The maximum Gasteiger partial charge on any atom is 0.406 e. The van der Waals surface area contributed by atoms with Gasteiger partial charge in [0.1, 0.15) is 6.54 Å². The Morgan fingerprint density at radius 1 is 1.22 bits per heavy atom. The number of hydrogen-bond acceptors (Lipinski definition) is 2. The summed E-state index contributed by atoms with van der Waals surface area (Å²) in [5.74, 6) is -0.585. The predicted molar refractivity (Wildman–Crippen MR) is 61.6 cm³/mol. The first kappa shape index (κ1) is 14.5. The lowest BCUT2D eigenvalue weighted by Crippen LogP contribution is -2.39. The van der Waals surface area contributed by atoms with Crippen molar-refractivity contribution in [2.45, 2.75) is 19.1 Å². The van der Waals surface area contributed by atoms with Crippen LogP contribution in [0.1, 0.15) is 12.0 Å². The molecule has 0 spiro atoms. The highest BCUT2D eigenvalue weighted by Gasteiger charge is 2.32. The number of nitrogens with zero attached hydrogens (tertiary/aromatic N) is 1. The average molecular weight is 260 g/mol. The van der Waals surface area contributed by atoms with E-state index >= 15 is 0 Å². The fraction of sp³-hybridized carbons (Fsp3) is 0.417. The van der Waals surface area contributed by atoms with E-state index in [1.807, 2.05) is 0 Å². The van der Waals surface area contributed by atoms with Gasteiger partial charge < -0.3 is 10.6 Å². The molecule has 3 nitrogen and oxygen atoms in total. The number of carbonyl (C=O) groups excluding carboxylic acids is 1. The minimum atomic E-state index is -4.40. The van der Waals surface area contributed by atoms with Gasteiger partial charge in [-0.2, -0.15) is 13.2 Å². The quantitative estimate of drug-likeness (QED) is 0.879. The Balaban J connectivity index is 2.74. The molecule has 1 aromatic rings. The molecule has 0 aliphatic carbocycles. The molecular formula is C12H15F3N2O. The van der Waals surface area contributed by atoms with Crippen molar-refractivity contribution in [3.63, 3.8) is 0 Å². The minimum absolute atomic E-state index is 0.0436. The molecule has 0 bridgehead atoms. The average Bonchev–Trinajstić information content (AvgIpc) is 2.28. The Bertz CT molecular complexity index is 379. The van der Waals surface area contributed by atoms with Gasteiger partial charge in [-0.15, -0.1) is 0 Å². The number of alkyl halides is 3. The molecular weight excluding hydrogens is 245 g/mol. The van der Waals surface area contributed by atoms with Gasteiger partial charge in [-0.05, 0) is 5.56 Å². The van der Waals surface area contributed by atoms with Crippen molar-refractivity contribution in [3.8, 4) is 0 Å². The summed E-state index contributed by atoms with van der Waals surface area (Å²) in [4.78, 5) is 12.4. The molecule has 0 fully saturated rings. The summed E-state index contributed by atoms with van der Waals surface area (Å²) >= 11 is 0. The molecule has 1 rings (SSSR count). The third-order valence-corrected chi connectivity index (χ3v) is 2.30. The van der Waals surface area contributed by atoms with Gasteiger partial charge in [0.2, 0.25) is 5.91 Å². The van der Waals surface area contributed by atoms with Crippen LogP contribution in [0.2, 0.25) is 0 Å². The number of halogens is 3. The standard InChI is InChI=1S/C12H15F3N2O/c13-12(14,15)9-17(11(18)6-7-16)8-10-4-2-1-3-5-10/h1-5H,6-9,16H2. The third-order valence-electron chi connectivity index (χ3n) is 2.30. The fourth-order valence-electron chi connectivity index (χ4n) is 1.53. The van der Waals surface area contributed by atoms with E-state index in [4.69, 9.17) is 5.73 Å². The van der Waals surface area contributed by atoms with Crippen molar-refractivity contribution in [1.82, 2.24) is 4.90 Å². The molecule has 0 aromatic heterocycles. The molecule has 0 saturated carbocycles. The van der Waals surface area contributed by atoms with Gasteiger partial charge in [-0.1, -0.05) is 30.3 Å². The van der Waals surface area contributed by atoms with E-state index in [0.717, 1.165) is 4.90 Å². The molecule has 0 aliphatic rings. The minimum Gasteiger partial charge on any atom is -0.330 e. The predicted octanol–water partition coefficient (Wildman–Crippen LogP) is 1.93. The van der Waals surface area contributed by atoms with Crippen LogP contribution in [0.3, 0.4) is 0 Å². The summed E-state index contributed by atoms with van der Waals surface area (Å²) in [6.45, 7) is -1.26. The van der Waals surface area contributed by atoms with E-state index in [9.17, 15) is 18.0 Å². The van der Waals surface area contributed by atoms with Gasteiger partial charge in [0, 0.05) is 19.5 Å². The van der Waals surface area contributed by atoms with Crippen LogP contribution in [0, 0.1) is 0 Å². The SMILES string of the molecule is NCCC(=O)N(Cc1ccccc1)CC(F)(F)F. The number of hydrogen-bond donors (Lipinski definition) is 1. The van der Waals surface area contributed by atoms with Crippen molar-refractivity contribution in [1.29, 1.82) is 0 Å². The molecule has 1 aromatic carbocycles. The molecule has 0 atom stereocenters. The Morgan fingerprint density at radius 2 is 1.83 bits per heavy atom. The van der Waals surface area contributed by atoms with E-state index in [2.05, 4.69) is 0 Å². The zero-order valence-electron chi connectivity index (χ0n) is 9.78. The highest BCUT2D eigenvalue weighted by molar-refractivity contribution is 5.76.